The molecule has 2 unspecified atom stereocenters. The Labute approximate surface area is 214 Å². The highest BCUT2D eigenvalue weighted by atomic mass is 32.2. The average Bonchev–Trinajstić information content (AvgIpc) is 2.83. The van der Waals surface area contributed by atoms with E-state index in [2.05, 4.69) is 22.9 Å². The molecular formula is C28H35N3O4S. The van der Waals surface area contributed by atoms with E-state index in [9.17, 15) is 13.2 Å². The Morgan fingerprint density at radius 3 is 2.67 bits per heavy atom. The Bertz CT molecular complexity index is 1250. The summed E-state index contributed by atoms with van der Waals surface area (Å²) in [6.45, 7) is 6.74. The molecule has 0 aliphatic carbocycles. The SMILES string of the molecule is COc1cc(S(=O)(=O)CC2=C/C=C/CNC(C)C\C(C)=C\2)ccc1NC(=O)NC(C)c1ccccc1. The molecule has 8 heteroatoms. The molecule has 0 radical (unpaired) electrons. The van der Waals surface area contributed by atoms with Crippen molar-refractivity contribution >= 4 is 21.6 Å². The van der Waals surface area contributed by atoms with Gasteiger partial charge in [0.2, 0.25) is 0 Å². The van der Waals surface area contributed by atoms with E-state index in [-0.39, 0.29) is 22.4 Å². The first-order valence-electron chi connectivity index (χ1n) is 12.0. The fourth-order valence-electron chi connectivity index (χ4n) is 4.05. The molecule has 2 atom stereocenters. The molecule has 192 valence electrons. The van der Waals surface area contributed by atoms with Crippen molar-refractivity contribution in [3.63, 3.8) is 0 Å². The summed E-state index contributed by atoms with van der Waals surface area (Å²) in [6.07, 6.45) is 8.47. The number of carbonyl (C=O) groups excluding carboxylic acids is 1. The Morgan fingerprint density at radius 1 is 1.19 bits per heavy atom. The largest absolute Gasteiger partial charge is 0.495 e. The van der Waals surface area contributed by atoms with Gasteiger partial charge in [0, 0.05) is 18.7 Å². The van der Waals surface area contributed by atoms with Crippen LogP contribution < -0.4 is 20.7 Å². The highest BCUT2D eigenvalue weighted by Crippen LogP contribution is 2.29. The van der Waals surface area contributed by atoms with Crippen LogP contribution in [-0.4, -0.2) is 39.9 Å². The number of amides is 2. The summed E-state index contributed by atoms with van der Waals surface area (Å²) in [5, 5.41) is 9.03. The quantitative estimate of drug-likeness (QED) is 0.479. The summed E-state index contributed by atoms with van der Waals surface area (Å²) >= 11 is 0. The van der Waals surface area contributed by atoms with E-state index < -0.39 is 15.9 Å². The molecule has 0 saturated heterocycles. The van der Waals surface area contributed by atoms with Gasteiger partial charge in [-0.1, -0.05) is 60.2 Å². The fourth-order valence-corrected chi connectivity index (χ4v) is 5.40. The lowest BCUT2D eigenvalue weighted by Gasteiger charge is -2.17. The van der Waals surface area contributed by atoms with Crippen molar-refractivity contribution in [2.24, 2.45) is 0 Å². The Hall–Kier alpha value is -3.36. The monoisotopic (exact) mass is 509 g/mol. The van der Waals surface area contributed by atoms with Crippen LogP contribution in [0.3, 0.4) is 0 Å². The predicted molar refractivity (Wildman–Crippen MR) is 145 cm³/mol. The summed E-state index contributed by atoms with van der Waals surface area (Å²) in [5.41, 5.74) is 3.18. The summed E-state index contributed by atoms with van der Waals surface area (Å²) in [6, 6.07) is 13.8. The third-order valence-electron chi connectivity index (χ3n) is 5.87. The fraction of sp³-hybridized carbons (Fsp3) is 0.321. The minimum absolute atomic E-state index is 0.131. The number of anilines is 1. The molecule has 2 aromatic rings. The summed E-state index contributed by atoms with van der Waals surface area (Å²) in [7, 11) is -2.21. The van der Waals surface area contributed by atoms with Crippen LogP contribution in [0.1, 0.15) is 38.8 Å². The van der Waals surface area contributed by atoms with Crippen LogP contribution in [0.25, 0.3) is 0 Å². The molecule has 1 aliphatic heterocycles. The Balaban J connectivity index is 1.76. The van der Waals surface area contributed by atoms with Crippen LogP contribution in [-0.2, 0) is 9.84 Å². The number of hydrogen-bond acceptors (Lipinski definition) is 5. The average molecular weight is 510 g/mol. The predicted octanol–water partition coefficient (Wildman–Crippen LogP) is 5.16. The van der Waals surface area contributed by atoms with Gasteiger partial charge in [-0.25, -0.2) is 13.2 Å². The van der Waals surface area contributed by atoms with Gasteiger partial charge in [-0.05, 0) is 50.5 Å². The minimum atomic E-state index is -3.65. The molecule has 3 rings (SSSR count). The zero-order valence-electron chi connectivity index (χ0n) is 21.2. The molecule has 0 fully saturated rings. The summed E-state index contributed by atoms with van der Waals surface area (Å²) in [4.78, 5) is 12.7. The summed E-state index contributed by atoms with van der Waals surface area (Å²) in [5.74, 6) is 0.131. The zero-order chi connectivity index (χ0) is 26.1. The highest BCUT2D eigenvalue weighted by Gasteiger charge is 2.20. The molecule has 0 bridgehead atoms. The smallest absolute Gasteiger partial charge is 0.319 e. The minimum Gasteiger partial charge on any atom is -0.495 e. The van der Waals surface area contributed by atoms with E-state index in [1.165, 1.54) is 19.2 Å². The Morgan fingerprint density at radius 2 is 1.94 bits per heavy atom. The third-order valence-corrected chi connectivity index (χ3v) is 7.56. The number of ether oxygens (including phenoxy) is 1. The number of rotatable bonds is 7. The number of carbonyl (C=O) groups is 1. The van der Waals surface area contributed by atoms with E-state index >= 15 is 0 Å². The van der Waals surface area contributed by atoms with E-state index in [1.807, 2.05) is 68.5 Å². The molecule has 0 saturated carbocycles. The van der Waals surface area contributed by atoms with Crippen LogP contribution in [0.2, 0.25) is 0 Å². The van der Waals surface area contributed by atoms with Gasteiger partial charge >= 0.3 is 6.03 Å². The first-order chi connectivity index (χ1) is 17.2. The molecule has 3 N–H and O–H groups in total. The van der Waals surface area contributed by atoms with Gasteiger partial charge in [0.05, 0.1) is 29.5 Å². The van der Waals surface area contributed by atoms with Gasteiger partial charge in [0.25, 0.3) is 0 Å². The second kappa shape index (κ2) is 12.6. The molecule has 7 nitrogen and oxygen atoms in total. The number of benzene rings is 2. The van der Waals surface area contributed by atoms with Crippen LogP contribution in [0.5, 0.6) is 5.75 Å². The lowest BCUT2D eigenvalue weighted by atomic mass is 10.1. The normalized spacial score (nSPS) is 21.2. The number of allylic oxidation sites excluding steroid dienone is 3. The van der Waals surface area contributed by atoms with Crippen LogP contribution in [0, 0.1) is 0 Å². The van der Waals surface area contributed by atoms with Crippen molar-refractivity contribution < 1.29 is 17.9 Å². The van der Waals surface area contributed by atoms with Crippen LogP contribution in [0.4, 0.5) is 10.5 Å². The number of sulfone groups is 1. The van der Waals surface area contributed by atoms with Crippen molar-refractivity contribution in [2.75, 3.05) is 24.7 Å². The molecule has 0 aromatic heterocycles. The van der Waals surface area contributed by atoms with Crippen molar-refractivity contribution in [3.8, 4) is 5.75 Å². The summed E-state index contributed by atoms with van der Waals surface area (Å²) < 4.78 is 31.9. The second-order valence-corrected chi connectivity index (χ2v) is 11.0. The lowest BCUT2D eigenvalue weighted by Crippen LogP contribution is -2.31. The van der Waals surface area contributed by atoms with Crippen LogP contribution in [0.15, 0.2) is 88.9 Å². The van der Waals surface area contributed by atoms with E-state index in [1.54, 1.807) is 6.07 Å². The van der Waals surface area contributed by atoms with Gasteiger partial charge in [0.15, 0.2) is 9.84 Å². The first-order valence-corrected chi connectivity index (χ1v) is 13.6. The maximum absolute atomic E-state index is 13.3. The maximum Gasteiger partial charge on any atom is 0.319 e. The number of hydrogen-bond donors (Lipinski definition) is 3. The lowest BCUT2D eigenvalue weighted by molar-refractivity contribution is 0.249. The molecule has 0 spiro atoms. The maximum atomic E-state index is 13.3. The van der Waals surface area contributed by atoms with E-state index in [0.29, 0.717) is 17.3 Å². The van der Waals surface area contributed by atoms with Gasteiger partial charge in [-0.15, -0.1) is 0 Å². The van der Waals surface area contributed by atoms with E-state index in [4.69, 9.17) is 4.74 Å². The zero-order valence-corrected chi connectivity index (χ0v) is 22.1. The molecule has 1 heterocycles. The molecular weight excluding hydrogens is 474 g/mol. The topological polar surface area (TPSA) is 96.5 Å². The van der Waals surface area contributed by atoms with Crippen molar-refractivity contribution in [1.29, 1.82) is 0 Å². The van der Waals surface area contributed by atoms with Crippen molar-refractivity contribution in [1.82, 2.24) is 10.6 Å². The third kappa shape index (κ3) is 7.83. The van der Waals surface area contributed by atoms with Gasteiger partial charge in [-0.2, -0.15) is 0 Å². The van der Waals surface area contributed by atoms with Gasteiger partial charge < -0.3 is 20.7 Å². The number of methoxy groups -OCH3 is 1. The number of urea groups is 1. The van der Waals surface area contributed by atoms with Gasteiger partial charge in [0.1, 0.15) is 5.75 Å². The standard InChI is InChI=1S/C28H35N3O4S/c1-20-16-21(2)29-15-9-8-10-23(17-20)19-36(33,34)25-13-14-26(27(18-25)35-4)31-28(32)30-22(3)24-11-6-5-7-12-24/h5-14,17-18,21-22,29H,15-16,19H2,1-4H3,(H2,30,31,32)/b9-8+,20-17+,23-10+. The molecule has 36 heavy (non-hydrogen) atoms. The van der Waals surface area contributed by atoms with E-state index in [0.717, 1.165) is 24.1 Å². The molecule has 2 aromatic carbocycles. The van der Waals surface area contributed by atoms with Crippen molar-refractivity contribution in [2.45, 2.75) is 44.2 Å². The number of nitrogens with one attached hydrogen (secondary N) is 3. The Kier molecular flexibility index (Phi) is 9.50. The second-order valence-electron chi connectivity index (χ2n) is 9.03. The molecule has 2 amide bonds. The van der Waals surface area contributed by atoms with Crippen molar-refractivity contribution in [3.05, 3.63) is 89.5 Å². The highest BCUT2D eigenvalue weighted by molar-refractivity contribution is 7.91. The first kappa shape index (κ1) is 27.2. The van der Waals surface area contributed by atoms with Crippen LogP contribution >= 0.6 is 0 Å². The van der Waals surface area contributed by atoms with Gasteiger partial charge in [-0.3, -0.25) is 0 Å². The molecule has 1 aliphatic rings.